The van der Waals surface area contributed by atoms with Gasteiger partial charge in [-0.2, -0.15) is 0 Å². The van der Waals surface area contributed by atoms with Crippen LogP contribution in [0, 0.1) is 6.92 Å². The van der Waals surface area contributed by atoms with Crippen molar-refractivity contribution in [2.24, 2.45) is 11.5 Å². The lowest BCUT2D eigenvalue weighted by Crippen LogP contribution is -2.54. The second-order valence-electron chi connectivity index (χ2n) is 8.18. The maximum absolute atomic E-state index is 12.8. The van der Waals surface area contributed by atoms with Gasteiger partial charge >= 0.3 is 0 Å². The summed E-state index contributed by atoms with van der Waals surface area (Å²) < 4.78 is 0. The van der Waals surface area contributed by atoms with Crippen LogP contribution in [-0.2, 0) is 24.3 Å². The van der Waals surface area contributed by atoms with Crippen molar-refractivity contribution in [2.45, 2.75) is 64.0 Å². The van der Waals surface area contributed by atoms with E-state index in [2.05, 4.69) is 24.4 Å². The number of aliphatic hydroxyl groups is 1. The molecular weight excluding hydrogens is 376 g/mol. The van der Waals surface area contributed by atoms with Gasteiger partial charge in [0.05, 0.1) is 6.04 Å². The molecule has 0 bridgehead atoms. The highest BCUT2D eigenvalue weighted by atomic mass is 16.3. The minimum Gasteiger partial charge on any atom is -0.377 e. The fourth-order valence-electron chi connectivity index (χ4n) is 4.10. The van der Waals surface area contributed by atoms with Crippen LogP contribution in [0.2, 0.25) is 0 Å². The molecule has 6 heteroatoms. The van der Waals surface area contributed by atoms with Crippen molar-refractivity contribution < 1.29 is 9.90 Å². The first kappa shape index (κ1) is 22.4. The average Bonchev–Trinajstić information content (AvgIpc) is 3.26. The summed E-state index contributed by atoms with van der Waals surface area (Å²) in [6, 6.07) is 15.4. The van der Waals surface area contributed by atoms with E-state index in [1.165, 1.54) is 11.1 Å². The quantitative estimate of drug-likeness (QED) is 0.505. The molecule has 3 atom stereocenters. The molecule has 0 aliphatic carbocycles. The number of nitrogens with zero attached hydrogens (tertiary/aromatic N) is 1. The number of aliphatic hydroxyl groups excluding tert-OH is 1. The Hall–Kier alpha value is -2.25. The molecule has 0 radical (unpaired) electrons. The van der Waals surface area contributed by atoms with E-state index in [1.54, 1.807) is 0 Å². The maximum atomic E-state index is 12.8. The number of hydrogen-bond acceptors (Lipinski definition) is 5. The number of carbonyl (C=O) groups is 1. The largest absolute Gasteiger partial charge is 0.377 e. The minimum atomic E-state index is -0.823. The van der Waals surface area contributed by atoms with E-state index < -0.39 is 12.3 Å². The van der Waals surface area contributed by atoms with E-state index in [1.807, 2.05) is 41.3 Å². The highest BCUT2D eigenvalue weighted by Crippen LogP contribution is 2.22. The molecule has 6 N–H and O–H groups in total. The summed E-state index contributed by atoms with van der Waals surface area (Å²) in [5.41, 5.74) is 16.5. The first-order chi connectivity index (χ1) is 14.5. The molecule has 30 heavy (non-hydrogen) atoms. The third kappa shape index (κ3) is 5.67. The molecule has 1 aliphatic rings. The molecule has 0 saturated carbocycles. The zero-order valence-electron chi connectivity index (χ0n) is 17.8. The van der Waals surface area contributed by atoms with Crippen molar-refractivity contribution in [2.75, 3.05) is 6.54 Å². The van der Waals surface area contributed by atoms with Gasteiger partial charge in [-0.3, -0.25) is 9.69 Å². The van der Waals surface area contributed by atoms with Gasteiger partial charge in [0.15, 0.2) is 0 Å². The fraction of sp³-hybridized carbons (Fsp3) is 0.458. The van der Waals surface area contributed by atoms with Crippen LogP contribution in [0.15, 0.2) is 48.5 Å². The van der Waals surface area contributed by atoms with Crippen LogP contribution in [0.4, 0.5) is 0 Å². The Morgan fingerprint density at radius 1 is 1.20 bits per heavy atom. The van der Waals surface area contributed by atoms with E-state index in [-0.39, 0.29) is 11.9 Å². The van der Waals surface area contributed by atoms with Gasteiger partial charge in [0.25, 0.3) is 0 Å². The molecule has 1 heterocycles. The van der Waals surface area contributed by atoms with Crippen molar-refractivity contribution in [3.8, 4) is 0 Å². The third-order valence-corrected chi connectivity index (χ3v) is 6.05. The molecule has 1 saturated heterocycles. The predicted molar refractivity (Wildman–Crippen MR) is 119 cm³/mol. The molecule has 6 nitrogen and oxygen atoms in total. The van der Waals surface area contributed by atoms with Crippen LogP contribution in [0.25, 0.3) is 0 Å². The number of amides is 1. The Labute approximate surface area is 179 Å². The monoisotopic (exact) mass is 410 g/mol. The van der Waals surface area contributed by atoms with E-state index in [4.69, 9.17) is 11.5 Å². The number of carbonyl (C=O) groups excluding carboxylic acids is 1. The molecule has 162 valence electrons. The van der Waals surface area contributed by atoms with E-state index in [9.17, 15) is 9.90 Å². The van der Waals surface area contributed by atoms with E-state index >= 15 is 0 Å². The third-order valence-electron chi connectivity index (χ3n) is 6.05. The fourth-order valence-corrected chi connectivity index (χ4v) is 4.10. The lowest BCUT2D eigenvalue weighted by atomic mass is 10.00. The summed E-state index contributed by atoms with van der Waals surface area (Å²) in [5, 5.41) is 13.8. The number of hydrogen-bond donors (Lipinski definition) is 4. The second-order valence-corrected chi connectivity index (χ2v) is 8.18. The Morgan fingerprint density at radius 2 is 1.90 bits per heavy atom. The van der Waals surface area contributed by atoms with Crippen LogP contribution in [0.3, 0.4) is 0 Å². The van der Waals surface area contributed by atoms with Crippen LogP contribution in [-0.4, -0.2) is 40.8 Å². The Morgan fingerprint density at radius 3 is 2.60 bits per heavy atom. The van der Waals surface area contributed by atoms with Gasteiger partial charge in [-0.1, -0.05) is 48.5 Å². The summed E-state index contributed by atoms with van der Waals surface area (Å²) >= 11 is 0. The molecule has 3 unspecified atom stereocenters. The van der Waals surface area contributed by atoms with E-state index in [0.29, 0.717) is 26.1 Å². The van der Waals surface area contributed by atoms with Crippen molar-refractivity contribution in [3.05, 3.63) is 70.8 Å². The Balaban J connectivity index is 1.52. The van der Waals surface area contributed by atoms with Gasteiger partial charge in [-0.25, -0.2) is 0 Å². The Bertz CT molecular complexity index is 824. The smallest absolute Gasteiger partial charge is 0.237 e. The molecule has 3 rings (SSSR count). The van der Waals surface area contributed by atoms with Crippen LogP contribution >= 0.6 is 0 Å². The number of benzene rings is 2. The second kappa shape index (κ2) is 10.7. The first-order valence-electron chi connectivity index (χ1n) is 10.8. The Kier molecular flexibility index (Phi) is 7.99. The predicted octanol–water partition coefficient (Wildman–Crippen LogP) is 1.81. The molecule has 0 spiro atoms. The molecule has 1 aliphatic heterocycles. The van der Waals surface area contributed by atoms with Crippen LogP contribution in [0.5, 0.6) is 0 Å². The highest BCUT2D eigenvalue weighted by Gasteiger charge is 2.36. The molecule has 1 fully saturated rings. The molecule has 2 aromatic carbocycles. The van der Waals surface area contributed by atoms with Crippen LogP contribution in [0.1, 0.15) is 41.5 Å². The zero-order valence-corrected chi connectivity index (χ0v) is 17.8. The van der Waals surface area contributed by atoms with Gasteiger partial charge in [-0.15, -0.1) is 0 Å². The molecule has 0 aromatic heterocycles. The van der Waals surface area contributed by atoms with Crippen molar-refractivity contribution >= 4 is 5.91 Å². The summed E-state index contributed by atoms with van der Waals surface area (Å²) in [5.74, 6) is -0.0550. The lowest BCUT2D eigenvalue weighted by Gasteiger charge is -2.32. The van der Waals surface area contributed by atoms with Gasteiger partial charge in [-0.05, 0) is 54.9 Å². The SMILES string of the molecule is Cc1ccccc1CCC(N)C(O)N1CCCC1C(=O)NCc1ccc(CN)cc1. The minimum absolute atomic E-state index is 0.0550. The van der Waals surface area contributed by atoms with Crippen molar-refractivity contribution in [1.82, 2.24) is 10.2 Å². The van der Waals surface area contributed by atoms with Gasteiger partial charge < -0.3 is 21.9 Å². The molecular formula is C24H34N4O2. The van der Waals surface area contributed by atoms with Crippen molar-refractivity contribution in [1.29, 1.82) is 0 Å². The van der Waals surface area contributed by atoms with E-state index in [0.717, 1.165) is 30.4 Å². The number of rotatable bonds is 9. The molecule has 2 aromatic rings. The lowest BCUT2D eigenvalue weighted by molar-refractivity contribution is -0.130. The summed E-state index contributed by atoms with van der Waals surface area (Å²) in [7, 11) is 0. The zero-order chi connectivity index (χ0) is 21.5. The first-order valence-corrected chi connectivity index (χ1v) is 10.8. The van der Waals surface area contributed by atoms with Crippen LogP contribution < -0.4 is 16.8 Å². The van der Waals surface area contributed by atoms with Crippen molar-refractivity contribution in [3.63, 3.8) is 0 Å². The van der Waals surface area contributed by atoms with Gasteiger partial charge in [0.1, 0.15) is 6.23 Å². The summed E-state index contributed by atoms with van der Waals surface area (Å²) in [6.45, 7) is 3.74. The maximum Gasteiger partial charge on any atom is 0.237 e. The average molecular weight is 411 g/mol. The highest BCUT2D eigenvalue weighted by molar-refractivity contribution is 5.82. The normalized spacial score (nSPS) is 18.9. The summed E-state index contributed by atoms with van der Waals surface area (Å²) in [4.78, 5) is 14.6. The number of likely N-dealkylation sites (tertiary alicyclic amines) is 1. The van der Waals surface area contributed by atoms with Gasteiger partial charge in [0.2, 0.25) is 5.91 Å². The standard InChI is InChI=1S/C24H34N4O2/c1-17-5-2-3-6-20(17)12-13-21(26)24(30)28-14-4-7-22(28)23(29)27-16-19-10-8-18(15-25)9-11-19/h2-3,5-6,8-11,21-22,24,30H,4,7,12-16,25-26H2,1H3,(H,27,29). The number of nitrogens with one attached hydrogen (secondary N) is 1. The van der Waals surface area contributed by atoms with Gasteiger partial charge in [0, 0.05) is 25.7 Å². The molecule has 1 amide bonds. The number of nitrogens with two attached hydrogens (primary N) is 2. The number of aryl methyl sites for hydroxylation is 2. The topological polar surface area (TPSA) is 105 Å². The summed E-state index contributed by atoms with van der Waals surface area (Å²) in [6.07, 6.45) is 2.28.